The minimum absolute atomic E-state index is 0.342. The van der Waals surface area contributed by atoms with Gasteiger partial charge in [-0.25, -0.2) is 8.78 Å². The number of pyridine rings is 1. The molecule has 2 aliphatic heterocycles. The number of carbonyl (C=O) groups excluding carboxylic acids is 2. The number of halogens is 2. The Hall–Kier alpha value is -2.86. The van der Waals surface area contributed by atoms with Crippen LogP contribution in [0.1, 0.15) is 42.1 Å². The number of hydrogen-bond donors (Lipinski definition) is 2. The summed E-state index contributed by atoms with van der Waals surface area (Å²) in [6.45, 7) is 1.75. The molecule has 160 valence electrons. The Balaban J connectivity index is 1.61. The molecule has 2 N–H and O–H groups in total. The highest BCUT2D eigenvalue weighted by Crippen LogP contribution is 2.31. The van der Waals surface area contributed by atoms with E-state index < -0.39 is 43.3 Å². The summed E-state index contributed by atoms with van der Waals surface area (Å²) in [5.41, 5.74) is 0.957. The van der Waals surface area contributed by atoms with E-state index in [4.69, 9.17) is 5.26 Å². The average Bonchev–Trinajstić information content (AvgIpc) is 3.06. The molecule has 0 aromatic carbocycles. The number of amides is 2. The fourth-order valence-electron chi connectivity index (χ4n) is 3.72. The maximum absolute atomic E-state index is 13.5. The second-order valence-electron chi connectivity index (χ2n) is 7.88. The Bertz CT molecular complexity index is 859. The van der Waals surface area contributed by atoms with Crippen LogP contribution >= 0.6 is 0 Å². The van der Waals surface area contributed by atoms with Crippen LogP contribution in [0.4, 0.5) is 8.78 Å². The monoisotopic (exact) mass is 417 g/mol. The van der Waals surface area contributed by atoms with Gasteiger partial charge in [-0.15, -0.1) is 0 Å². The number of nitrogens with zero attached hydrogens (tertiary/aromatic N) is 3. The maximum atomic E-state index is 13.5. The molecule has 2 fully saturated rings. The molecular weight excluding hydrogens is 392 g/mol. The van der Waals surface area contributed by atoms with Gasteiger partial charge in [-0.3, -0.25) is 14.6 Å². The van der Waals surface area contributed by atoms with Crippen molar-refractivity contribution >= 4 is 17.9 Å². The second kappa shape index (κ2) is 9.30. The molecule has 0 saturated carbocycles. The third-order valence-corrected chi connectivity index (χ3v) is 5.48. The molecule has 30 heavy (non-hydrogen) atoms. The van der Waals surface area contributed by atoms with Crippen LogP contribution in [0.3, 0.4) is 0 Å². The molecule has 3 rings (SSSR count). The number of alkyl halides is 2. The summed E-state index contributed by atoms with van der Waals surface area (Å²) < 4.78 is 27.0. The molecule has 0 radical (unpaired) electrons. The van der Waals surface area contributed by atoms with E-state index in [9.17, 15) is 18.4 Å². The van der Waals surface area contributed by atoms with Gasteiger partial charge >= 0.3 is 0 Å². The molecule has 0 spiro atoms. The number of rotatable bonds is 5. The van der Waals surface area contributed by atoms with E-state index in [2.05, 4.69) is 22.5 Å². The highest BCUT2D eigenvalue weighted by atomic mass is 19.3. The Morgan fingerprint density at radius 3 is 2.97 bits per heavy atom. The molecule has 7 nitrogen and oxygen atoms in total. The predicted octanol–water partition coefficient (Wildman–Crippen LogP) is 1.97. The number of piperidine rings is 1. The summed E-state index contributed by atoms with van der Waals surface area (Å²) in [6, 6.07) is 2.58. The van der Waals surface area contributed by atoms with Gasteiger partial charge in [-0.05, 0) is 31.7 Å². The summed E-state index contributed by atoms with van der Waals surface area (Å²) in [6.07, 6.45) is 8.39. The first-order valence-corrected chi connectivity index (χ1v) is 10.00. The number of hydrogen-bond acceptors (Lipinski definition) is 5. The normalized spacial score (nSPS) is 25.8. The Kier molecular flexibility index (Phi) is 6.77. The van der Waals surface area contributed by atoms with Gasteiger partial charge in [-0.1, -0.05) is 12.2 Å². The van der Waals surface area contributed by atoms with Crippen LogP contribution in [-0.4, -0.2) is 59.3 Å². The van der Waals surface area contributed by atoms with Crippen molar-refractivity contribution in [1.82, 2.24) is 20.5 Å². The van der Waals surface area contributed by atoms with Gasteiger partial charge < -0.3 is 15.5 Å². The van der Waals surface area contributed by atoms with Crippen LogP contribution in [-0.2, 0) is 4.79 Å². The third kappa shape index (κ3) is 5.39. The molecule has 2 saturated heterocycles. The van der Waals surface area contributed by atoms with Gasteiger partial charge in [0.2, 0.25) is 5.91 Å². The topological polar surface area (TPSA) is 98.1 Å². The quantitative estimate of drug-likeness (QED) is 0.763. The molecule has 2 amide bonds. The highest BCUT2D eigenvalue weighted by Gasteiger charge is 2.47. The van der Waals surface area contributed by atoms with Crippen molar-refractivity contribution in [2.45, 2.75) is 44.2 Å². The van der Waals surface area contributed by atoms with Gasteiger partial charge in [0.1, 0.15) is 6.04 Å². The lowest BCUT2D eigenvalue weighted by molar-refractivity contribution is -0.131. The first-order valence-electron chi connectivity index (χ1n) is 10.00. The molecule has 2 aliphatic rings. The zero-order chi connectivity index (χ0) is 21.7. The summed E-state index contributed by atoms with van der Waals surface area (Å²) in [5.74, 6) is -3.94. The van der Waals surface area contributed by atoms with Crippen LogP contribution in [0.2, 0.25) is 0 Å². The van der Waals surface area contributed by atoms with E-state index >= 15 is 0 Å². The zero-order valence-corrected chi connectivity index (χ0v) is 16.8. The molecule has 1 aromatic heterocycles. The highest BCUT2D eigenvalue weighted by molar-refractivity contribution is 5.99. The Morgan fingerprint density at radius 2 is 2.27 bits per heavy atom. The summed E-state index contributed by atoms with van der Waals surface area (Å²) in [5, 5.41) is 14.9. The minimum atomic E-state index is -3.09. The van der Waals surface area contributed by atoms with Crippen molar-refractivity contribution in [3.05, 3.63) is 35.7 Å². The largest absolute Gasteiger partial charge is 0.343 e. The van der Waals surface area contributed by atoms with E-state index in [-0.39, 0.29) is 0 Å². The van der Waals surface area contributed by atoms with Crippen molar-refractivity contribution in [2.75, 3.05) is 19.6 Å². The van der Waals surface area contributed by atoms with Crippen LogP contribution < -0.4 is 10.6 Å². The van der Waals surface area contributed by atoms with Crippen LogP contribution in [0.15, 0.2) is 24.5 Å². The number of carbonyl (C=O) groups is 2. The predicted molar refractivity (Wildman–Crippen MR) is 106 cm³/mol. The standard InChI is InChI=1S/C21H25F2N5O2/c1-14-2-3-15(10-26-14)4-5-16-11-25-7-6-18(16)20(30)27-12-19(29)28-13-21(22,23)8-17(28)9-24/h4-7,11,14-15,17,26H,2-3,8,10,12-13H2,1H3,(H,27,30)/b5-4+. The summed E-state index contributed by atoms with van der Waals surface area (Å²) >= 11 is 0. The van der Waals surface area contributed by atoms with Crippen molar-refractivity contribution in [3.63, 3.8) is 0 Å². The number of nitrogens with one attached hydrogen (secondary N) is 2. The lowest BCUT2D eigenvalue weighted by Gasteiger charge is -2.25. The van der Waals surface area contributed by atoms with Gasteiger partial charge in [0, 0.05) is 42.5 Å². The van der Waals surface area contributed by atoms with Crippen LogP contribution in [0.25, 0.3) is 6.08 Å². The lowest BCUT2D eigenvalue weighted by Crippen LogP contribution is -2.43. The Labute approximate surface area is 174 Å². The van der Waals surface area contributed by atoms with E-state index in [1.807, 2.05) is 12.2 Å². The SMILES string of the molecule is CC1CCC(/C=C/c2cnccc2C(=O)NCC(=O)N2CC(F)(F)CC2C#N)CN1. The maximum Gasteiger partial charge on any atom is 0.268 e. The molecule has 9 heteroatoms. The van der Waals surface area contributed by atoms with E-state index in [1.165, 1.54) is 6.20 Å². The second-order valence-corrected chi connectivity index (χ2v) is 7.88. The third-order valence-electron chi connectivity index (χ3n) is 5.48. The van der Waals surface area contributed by atoms with Gasteiger partial charge in [0.15, 0.2) is 0 Å². The zero-order valence-electron chi connectivity index (χ0n) is 16.8. The fraction of sp³-hybridized carbons (Fsp3) is 0.524. The summed E-state index contributed by atoms with van der Waals surface area (Å²) in [4.78, 5) is 29.7. The lowest BCUT2D eigenvalue weighted by atomic mass is 9.94. The number of nitriles is 1. The van der Waals surface area contributed by atoms with Crippen molar-refractivity contribution in [2.24, 2.45) is 5.92 Å². The average molecular weight is 417 g/mol. The van der Waals surface area contributed by atoms with E-state index in [1.54, 1.807) is 18.3 Å². The first kappa shape index (κ1) is 21.8. The van der Waals surface area contributed by atoms with Gasteiger partial charge in [-0.2, -0.15) is 5.26 Å². The fourth-order valence-corrected chi connectivity index (χ4v) is 3.72. The van der Waals surface area contributed by atoms with E-state index in [0.717, 1.165) is 24.3 Å². The minimum Gasteiger partial charge on any atom is -0.343 e. The first-order chi connectivity index (χ1) is 14.3. The molecule has 0 aliphatic carbocycles. The van der Waals surface area contributed by atoms with Crippen molar-refractivity contribution in [1.29, 1.82) is 5.26 Å². The van der Waals surface area contributed by atoms with Crippen LogP contribution in [0, 0.1) is 17.2 Å². The molecule has 3 atom stereocenters. The summed E-state index contributed by atoms with van der Waals surface area (Å²) in [7, 11) is 0. The number of likely N-dealkylation sites (tertiary alicyclic amines) is 1. The number of aromatic nitrogens is 1. The van der Waals surface area contributed by atoms with Crippen molar-refractivity contribution in [3.8, 4) is 6.07 Å². The van der Waals surface area contributed by atoms with Gasteiger partial charge in [0.25, 0.3) is 11.8 Å². The molecule has 3 heterocycles. The molecule has 3 unspecified atom stereocenters. The van der Waals surface area contributed by atoms with E-state index in [0.29, 0.717) is 23.1 Å². The van der Waals surface area contributed by atoms with Gasteiger partial charge in [0.05, 0.1) is 19.2 Å². The molecule has 0 bridgehead atoms. The molecule has 1 aromatic rings. The smallest absolute Gasteiger partial charge is 0.268 e. The Morgan fingerprint density at radius 1 is 1.47 bits per heavy atom. The van der Waals surface area contributed by atoms with Crippen LogP contribution in [0.5, 0.6) is 0 Å². The molecular formula is C21H25F2N5O2. The van der Waals surface area contributed by atoms with Crippen molar-refractivity contribution < 1.29 is 18.4 Å².